The number of rotatable bonds is 2. The number of Topliss-reactive ketones (excluding diaryl/α,β-unsaturated/α-hetero) is 1. The van der Waals surface area contributed by atoms with Crippen molar-refractivity contribution in [1.82, 2.24) is 9.80 Å². The highest BCUT2D eigenvalue weighted by Gasteiger charge is 2.53. The van der Waals surface area contributed by atoms with Crippen molar-refractivity contribution < 1.29 is 28.7 Å². The molecule has 2 aliphatic heterocycles. The quantitative estimate of drug-likeness (QED) is 0.590. The monoisotopic (exact) mass is 490 g/mol. The van der Waals surface area contributed by atoms with Gasteiger partial charge in [0.05, 0.1) is 7.11 Å². The molecule has 31 heavy (non-hydrogen) atoms. The molecule has 1 saturated heterocycles. The third-order valence-corrected chi connectivity index (χ3v) is 6.58. The number of benzene rings is 1. The number of imide groups is 2. The summed E-state index contributed by atoms with van der Waals surface area (Å²) < 4.78 is 12.3. The topological polar surface area (TPSA) is 93.2 Å². The fraction of sp³-hybridized carbons (Fsp3) is 0.455. The van der Waals surface area contributed by atoms with Gasteiger partial charge in [0.25, 0.3) is 0 Å². The highest BCUT2D eigenvalue weighted by atomic mass is 79.9. The molecule has 1 fully saturated rings. The number of urea groups is 1. The molecule has 3 aliphatic rings. The van der Waals surface area contributed by atoms with Gasteiger partial charge in [0.2, 0.25) is 11.8 Å². The molecule has 0 bridgehead atoms. The van der Waals surface area contributed by atoms with Crippen molar-refractivity contribution >= 4 is 39.6 Å². The second kappa shape index (κ2) is 7.19. The lowest BCUT2D eigenvalue weighted by Crippen LogP contribution is -2.59. The summed E-state index contributed by atoms with van der Waals surface area (Å²) in [4.78, 5) is 53.8. The summed E-state index contributed by atoms with van der Waals surface area (Å²) >= 11 is 3.44. The van der Waals surface area contributed by atoms with E-state index in [9.17, 15) is 19.2 Å². The fourth-order valence-electron chi connectivity index (χ4n) is 4.64. The molecule has 1 aromatic carbocycles. The molecule has 0 spiro atoms. The smallest absolute Gasteiger partial charge is 0.332 e. The number of nitrogens with zero attached hydrogens (tertiary/aromatic N) is 2. The first-order valence-corrected chi connectivity index (χ1v) is 10.7. The van der Waals surface area contributed by atoms with Crippen molar-refractivity contribution in [3.05, 3.63) is 33.5 Å². The van der Waals surface area contributed by atoms with E-state index in [-0.39, 0.29) is 17.6 Å². The van der Waals surface area contributed by atoms with Gasteiger partial charge in [0.15, 0.2) is 17.3 Å². The Balaban J connectivity index is 1.98. The number of carbonyl (C=O) groups excluding carboxylic acids is 4. The zero-order chi connectivity index (χ0) is 22.8. The largest absolute Gasteiger partial charge is 0.493 e. The highest BCUT2D eigenvalue weighted by molar-refractivity contribution is 9.10. The molecular weight excluding hydrogens is 468 g/mol. The first-order valence-electron chi connectivity index (χ1n) is 9.87. The molecule has 1 unspecified atom stereocenters. The highest BCUT2D eigenvalue weighted by Crippen LogP contribution is 2.54. The molecule has 2 heterocycles. The number of methoxy groups -OCH3 is 1. The van der Waals surface area contributed by atoms with E-state index in [1.807, 2.05) is 13.8 Å². The molecule has 0 radical (unpaired) electrons. The molecule has 0 saturated carbocycles. The summed E-state index contributed by atoms with van der Waals surface area (Å²) in [5.41, 5.74) is 0.501. The Morgan fingerprint density at radius 2 is 1.65 bits per heavy atom. The summed E-state index contributed by atoms with van der Waals surface area (Å²) in [5.74, 6) is -2.35. The molecule has 0 aromatic heterocycles. The lowest BCUT2D eigenvalue weighted by molar-refractivity contribution is -0.148. The van der Waals surface area contributed by atoms with E-state index < -0.39 is 29.7 Å². The number of barbiturate groups is 1. The summed E-state index contributed by atoms with van der Waals surface area (Å²) in [7, 11) is 4.17. The second-order valence-corrected chi connectivity index (χ2v) is 9.85. The van der Waals surface area contributed by atoms with Gasteiger partial charge in [-0.05, 0) is 17.5 Å². The van der Waals surface area contributed by atoms with Crippen LogP contribution in [0, 0.1) is 11.3 Å². The molecule has 4 amide bonds. The average Bonchev–Trinajstić information content (AvgIpc) is 2.69. The zero-order valence-corrected chi connectivity index (χ0v) is 19.5. The van der Waals surface area contributed by atoms with Gasteiger partial charge >= 0.3 is 6.03 Å². The van der Waals surface area contributed by atoms with Gasteiger partial charge < -0.3 is 9.47 Å². The van der Waals surface area contributed by atoms with Crippen LogP contribution < -0.4 is 9.47 Å². The number of allylic oxidation sites excluding steroid dienone is 2. The number of hydrogen-bond donors (Lipinski definition) is 0. The molecule has 1 aliphatic carbocycles. The van der Waals surface area contributed by atoms with Crippen LogP contribution in [0.3, 0.4) is 0 Å². The van der Waals surface area contributed by atoms with Gasteiger partial charge in [-0.1, -0.05) is 29.8 Å². The van der Waals surface area contributed by atoms with Gasteiger partial charge in [0.1, 0.15) is 11.7 Å². The van der Waals surface area contributed by atoms with Crippen molar-refractivity contribution in [2.45, 2.75) is 32.6 Å². The minimum absolute atomic E-state index is 0.163. The molecule has 1 aromatic rings. The van der Waals surface area contributed by atoms with Gasteiger partial charge in [-0.15, -0.1) is 0 Å². The van der Waals surface area contributed by atoms with Gasteiger partial charge in [-0.3, -0.25) is 24.2 Å². The predicted octanol–water partition coefficient (Wildman–Crippen LogP) is 3.24. The first-order chi connectivity index (χ1) is 14.5. The third-order valence-electron chi connectivity index (χ3n) is 6.12. The molecule has 9 heteroatoms. The van der Waals surface area contributed by atoms with Crippen molar-refractivity contribution in [2.24, 2.45) is 11.3 Å². The predicted molar refractivity (Wildman–Crippen MR) is 114 cm³/mol. The van der Waals surface area contributed by atoms with E-state index in [0.717, 1.165) is 9.80 Å². The molecule has 0 N–H and O–H groups in total. The van der Waals surface area contributed by atoms with Crippen LogP contribution >= 0.6 is 15.9 Å². The van der Waals surface area contributed by atoms with Crippen molar-refractivity contribution in [1.29, 1.82) is 0 Å². The molecule has 164 valence electrons. The van der Waals surface area contributed by atoms with Crippen LogP contribution in [0.2, 0.25) is 0 Å². The molecule has 4 rings (SSSR count). The Kier molecular flexibility index (Phi) is 4.99. The van der Waals surface area contributed by atoms with Crippen LogP contribution in [-0.4, -0.2) is 54.6 Å². The SMILES string of the molecule is COc1cc(Br)cc2c1OC1=C(C(=O)CC(C)(C)C1)C2C1C(=O)N(C)C(=O)N(C)C1=O. The maximum Gasteiger partial charge on any atom is 0.332 e. The number of halogens is 1. The van der Waals surface area contributed by atoms with Crippen LogP contribution in [0.5, 0.6) is 11.5 Å². The van der Waals surface area contributed by atoms with Crippen LogP contribution in [0.1, 0.15) is 38.2 Å². The third kappa shape index (κ3) is 3.26. The number of fused-ring (bicyclic) bond motifs is 1. The van der Waals surface area contributed by atoms with Gasteiger partial charge in [-0.25, -0.2) is 4.79 Å². The van der Waals surface area contributed by atoms with Crippen LogP contribution in [-0.2, 0) is 14.4 Å². The number of hydrogen-bond acceptors (Lipinski definition) is 6. The van der Waals surface area contributed by atoms with Crippen LogP contribution in [0.25, 0.3) is 0 Å². The van der Waals surface area contributed by atoms with Crippen LogP contribution in [0.15, 0.2) is 27.9 Å². The minimum atomic E-state index is -1.26. The number of ether oxygens (including phenoxy) is 2. The Bertz CT molecular complexity index is 1050. The Morgan fingerprint density at radius 3 is 2.23 bits per heavy atom. The van der Waals surface area contributed by atoms with Gasteiger partial charge in [-0.2, -0.15) is 0 Å². The van der Waals surface area contributed by atoms with Crippen molar-refractivity contribution in [3.8, 4) is 11.5 Å². The van der Waals surface area contributed by atoms with E-state index in [2.05, 4.69) is 15.9 Å². The Hall–Kier alpha value is -2.68. The standard InChI is InChI=1S/C22H23BrN2O6/c1-22(2)8-12(26)16-14(9-22)31-18-11(6-10(23)7-13(18)30-5)15(16)17-19(27)24(3)21(29)25(4)20(17)28/h6-7,15,17H,8-9H2,1-5H3. The Labute approximate surface area is 188 Å². The minimum Gasteiger partial charge on any atom is -0.493 e. The maximum atomic E-state index is 13.3. The summed E-state index contributed by atoms with van der Waals surface area (Å²) in [5, 5.41) is 0. The normalized spacial score (nSPS) is 23.6. The van der Waals surface area contributed by atoms with Gasteiger partial charge in [0, 0.05) is 48.5 Å². The Morgan fingerprint density at radius 1 is 1.03 bits per heavy atom. The number of ketones is 1. The van der Waals surface area contributed by atoms with Crippen LogP contribution in [0.4, 0.5) is 4.79 Å². The summed E-state index contributed by atoms with van der Waals surface area (Å²) in [6.07, 6.45) is 0.745. The average molecular weight is 491 g/mol. The van der Waals surface area contributed by atoms with E-state index in [1.54, 1.807) is 12.1 Å². The van der Waals surface area contributed by atoms with E-state index in [1.165, 1.54) is 21.2 Å². The zero-order valence-electron chi connectivity index (χ0n) is 17.9. The number of amides is 4. The molecular formula is C22H23BrN2O6. The maximum absolute atomic E-state index is 13.3. The van der Waals surface area contributed by atoms with E-state index in [0.29, 0.717) is 39.3 Å². The lowest BCUT2D eigenvalue weighted by Gasteiger charge is -2.42. The summed E-state index contributed by atoms with van der Waals surface area (Å²) in [6, 6.07) is 2.76. The second-order valence-electron chi connectivity index (χ2n) is 8.94. The van der Waals surface area contributed by atoms with E-state index >= 15 is 0 Å². The number of carbonyl (C=O) groups is 4. The fourth-order valence-corrected chi connectivity index (χ4v) is 5.10. The van der Waals surface area contributed by atoms with E-state index in [4.69, 9.17) is 9.47 Å². The lowest BCUT2D eigenvalue weighted by atomic mass is 9.67. The first kappa shape index (κ1) is 21.5. The summed E-state index contributed by atoms with van der Waals surface area (Å²) in [6.45, 7) is 3.94. The molecule has 1 atom stereocenters. The molecule has 8 nitrogen and oxygen atoms in total. The van der Waals surface area contributed by atoms with Crippen molar-refractivity contribution in [3.63, 3.8) is 0 Å². The van der Waals surface area contributed by atoms with Crippen molar-refractivity contribution in [2.75, 3.05) is 21.2 Å².